The lowest BCUT2D eigenvalue weighted by Crippen LogP contribution is -2.04. The van der Waals surface area contributed by atoms with Crippen molar-refractivity contribution in [2.24, 2.45) is 0 Å². The maximum atomic E-state index is 11.9. The van der Waals surface area contributed by atoms with E-state index in [1.807, 2.05) is 0 Å². The molecule has 0 amide bonds. The molecule has 31 heavy (non-hydrogen) atoms. The molecule has 0 unspecified atom stereocenters. The first kappa shape index (κ1) is 21.1. The standard InChI is InChI=1S/C22H15N3O6/c26-23(27)20-15-21(24(28)29)19(14-12-17-9-5-2-6-10-17)22(25(30)31)18(20)13-11-16-7-3-1-4-8-16/h1-15H/b13-11+,14-12+. The summed E-state index contributed by atoms with van der Waals surface area (Å²) >= 11 is 0. The maximum absolute atomic E-state index is 11.9. The molecule has 0 aliphatic heterocycles. The van der Waals surface area contributed by atoms with Crippen LogP contribution in [0.1, 0.15) is 22.3 Å². The SMILES string of the molecule is O=[N+]([O-])c1cc([N+](=O)[O-])c(/C=C/c2ccccc2)c([N+](=O)[O-])c1/C=C/c1ccccc1. The van der Waals surface area contributed by atoms with Crippen LogP contribution in [0, 0.1) is 30.3 Å². The molecule has 9 heteroatoms. The molecule has 3 rings (SSSR count). The second-order valence-electron chi connectivity index (χ2n) is 6.35. The summed E-state index contributed by atoms with van der Waals surface area (Å²) in [5.74, 6) is 0. The molecule has 3 aromatic rings. The number of hydrogen-bond donors (Lipinski definition) is 0. The lowest BCUT2D eigenvalue weighted by molar-refractivity contribution is -0.403. The fourth-order valence-corrected chi connectivity index (χ4v) is 2.99. The molecule has 154 valence electrons. The van der Waals surface area contributed by atoms with Gasteiger partial charge in [0.1, 0.15) is 11.1 Å². The van der Waals surface area contributed by atoms with Gasteiger partial charge >= 0.3 is 0 Å². The number of rotatable bonds is 7. The molecule has 0 aliphatic rings. The quantitative estimate of drug-likeness (QED) is 0.273. The first-order valence-electron chi connectivity index (χ1n) is 8.99. The van der Waals surface area contributed by atoms with Gasteiger partial charge in [-0.3, -0.25) is 30.3 Å². The fourth-order valence-electron chi connectivity index (χ4n) is 2.99. The number of hydrogen-bond acceptors (Lipinski definition) is 6. The van der Waals surface area contributed by atoms with E-state index in [1.165, 1.54) is 24.3 Å². The summed E-state index contributed by atoms with van der Waals surface area (Å²) in [5.41, 5.74) is -1.48. The summed E-state index contributed by atoms with van der Waals surface area (Å²) in [4.78, 5) is 32.5. The summed E-state index contributed by atoms with van der Waals surface area (Å²) in [6.07, 6.45) is 5.42. The predicted molar refractivity (Wildman–Crippen MR) is 117 cm³/mol. The molecule has 0 aliphatic carbocycles. The lowest BCUT2D eigenvalue weighted by Gasteiger charge is -2.05. The van der Waals surface area contributed by atoms with Gasteiger partial charge in [-0.25, -0.2) is 0 Å². The third-order valence-electron chi connectivity index (χ3n) is 4.40. The van der Waals surface area contributed by atoms with Gasteiger partial charge in [0.2, 0.25) is 0 Å². The minimum absolute atomic E-state index is 0.322. The van der Waals surface area contributed by atoms with E-state index in [1.54, 1.807) is 60.7 Å². The molecule has 3 aromatic carbocycles. The molecule has 0 N–H and O–H groups in total. The molecule has 0 aromatic heterocycles. The topological polar surface area (TPSA) is 129 Å². The van der Waals surface area contributed by atoms with Gasteiger partial charge in [0.15, 0.2) is 0 Å². The molecular weight excluding hydrogens is 402 g/mol. The molecule has 0 fully saturated rings. The Kier molecular flexibility index (Phi) is 6.27. The number of nitrogens with zero attached hydrogens (tertiary/aromatic N) is 3. The molecule has 0 atom stereocenters. The van der Waals surface area contributed by atoms with E-state index in [4.69, 9.17) is 0 Å². The zero-order chi connectivity index (χ0) is 22.4. The van der Waals surface area contributed by atoms with Gasteiger partial charge in [0.05, 0.1) is 20.8 Å². The Morgan fingerprint density at radius 1 is 0.548 bits per heavy atom. The maximum Gasteiger partial charge on any atom is 0.297 e. The highest BCUT2D eigenvalue weighted by molar-refractivity contribution is 5.89. The average Bonchev–Trinajstić information content (AvgIpc) is 2.76. The Hall–Kier alpha value is -4.66. The van der Waals surface area contributed by atoms with Crippen molar-refractivity contribution in [2.75, 3.05) is 0 Å². The normalized spacial score (nSPS) is 11.1. The van der Waals surface area contributed by atoms with Crippen molar-refractivity contribution in [3.05, 3.63) is 119 Å². The van der Waals surface area contributed by atoms with Crippen molar-refractivity contribution in [2.45, 2.75) is 0 Å². The van der Waals surface area contributed by atoms with Gasteiger partial charge in [0.25, 0.3) is 17.1 Å². The van der Waals surface area contributed by atoms with Gasteiger partial charge in [-0.1, -0.05) is 72.8 Å². The van der Waals surface area contributed by atoms with Crippen LogP contribution >= 0.6 is 0 Å². The first-order valence-corrected chi connectivity index (χ1v) is 8.99. The van der Waals surface area contributed by atoms with Gasteiger partial charge in [-0.2, -0.15) is 0 Å². The van der Waals surface area contributed by atoms with Gasteiger partial charge in [0, 0.05) is 0 Å². The Morgan fingerprint density at radius 3 is 1.26 bits per heavy atom. The van der Waals surface area contributed by atoms with E-state index in [-0.39, 0.29) is 11.1 Å². The summed E-state index contributed by atoms with van der Waals surface area (Å²) in [5, 5.41) is 35.1. The van der Waals surface area contributed by atoms with Crippen LogP contribution in [0.3, 0.4) is 0 Å². The van der Waals surface area contributed by atoms with Crippen LogP contribution in [-0.2, 0) is 0 Å². The second kappa shape index (κ2) is 9.23. The smallest absolute Gasteiger partial charge is 0.258 e. The van der Waals surface area contributed by atoms with Gasteiger partial charge < -0.3 is 0 Å². The Morgan fingerprint density at radius 2 is 0.935 bits per heavy atom. The highest BCUT2D eigenvalue weighted by Gasteiger charge is 2.34. The van der Waals surface area contributed by atoms with Crippen LogP contribution < -0.4 is 0 Å². The number of benzene rings is 3. The van der Waals surface area contributed by atoms with Crippen LogP contribution in [0.25, 0.3) is 24.3 Å². The minimum atomic E-state index is -0.866. The van der Waals surface area contributed by atoms with E-state index in [2.05, 4.69) is 0 Å². The van der Waals surface area contributed by atoms with Crippen molar-refractivity contribution in [1.82, 2.24) is 0 Å². The van der Waals surface area contributed by atoms with Crippen molar-refractivity contribution >= 4 is 41.4 Å². The minimum Gasteiger partial charge on any atom is -0.258 e. The van der Waals surface area contributed by atoms with Crippen molar-refractivity contribution in [3.63, 3.8) is 0 Å². The third kappa shape index (κ3) is 4.85. The van der Waals surface area contributed by atoms with Crippen molar-refractivity contribution in [3.8, 4) is 0 Å². The van der Waals surface area contributed by atoms with Crippen LogP contribution in [0.2, 0.25) is 0 Å². The van der Waals surface area contributed by atoms with Crippen LogP contribution in [0.4, 0.5) is 17.1 Å². The van der Waals surface area contributed by atoms with Crippen molar-refractivity contribution < 1.29 is 14.8 Å². The highest BCUT2D eigenvalue weighted by atomic mass is 16.6. The summed E-state index contributed by atoms with van der Waals surface area (Å²) in [6.45, 7) is 0. The molecule has 0 spiro atoms. The molecule has 0 saturated carbocycles. The summed E-state index contributed by atoms with van der Waals surface area (Å²) in [6, 6.07) is 18.2. The highest BCUT2D eigenvalue weighted by Crippen LogP contribution is 2.40. The van der Waals surface area contributed by atoms with Gasteiger partial charge in [-0.15, -0.1) is 0 Å². The zero-order valence-electron chi connectivity index (χ0n) is 16.0. The number of nitro benzene ring substituents is 3. The Balaban J connectivity index is 2.28. The van der Waals surface area contributed by atoms with Crippen LogP contribution in [-0.4, -0.2) is 14.8 Å². The first-order chi connectivity index (χ1) is 14.9. The van der Waals surface area contributed by atoms with Crippen LogP contribution in [0.5, 0.6) is 0 Å². The van der Waals surface area contributed by atoms with Gasteiger partial charge in [-0.05, 0) is 23.3 Å². The van der Waals surface area contributed by atoms with E-state index >= 15 is 0 Å². The van der Waals surface area contributed by atoms with Crippen molar-refractivity contribution in [1.29, 1.82) is 0 Å². The summed E-state index contributed by atoms with van der Waals surface area (Å²) in [7, 11) is 0. The summed E-state index contributed by atoms with van der Waals surface area (Å²) < 4.78 is 0. The third-order valence-corrected chi connectivity index (χ3v) is 4.40. The van der Waals surface area contributed by atoms with Crippen LogP contribution in [0.15, 0.2) is 66.7 Å². The number of nitro groups is 3. The van der Waals surface area contributed by atoms with E-state index < -0.39 is 31.8 Å². The molecular formula is C22H15N3O6. The van der Waals surface area contributed by atoms with E-state index in [9.17, 15) is 30.3 Å². The Bertz CT molecular complexity index is 1120. The Labute approximate surface area is 176 Å². The zero-order valence-corrected chi connectivity index (χ0v) is 16.0. The molecule has 0 saturated heterocycles. The lowest BCUT2D eigenvalue weighted by atomic mass is 10.00. The molecule has 0 radical (unpaired) electrons. The molecule has 0 heterocycles. The van der Waals surface area contributed by atoms with E-state index in [0.717, 1.165) is 6.07 Å². The molecule has 9 nitrogen and oxygen atoms in total. The molecule has 0 bridgehead atoms. The fraction of sp³-hybridized carbons (Fsp3) is 0. The second-order valence-corrected chi connectivity index (χ2v) is 6.35. The average molecular weight is 417 g/mol. The monoisotopic (exact) mass is 417 g/mol. The predicted octanol–water partition coefficient (Wildman–Crippen LogP) is 5.75. The van der Waals surface area contributed by atoms with E-state index in [0.29, 0.717) is 11.1 Å². The largest absolute Gasteiger partial charge is 0.297 e.